The molecular weight excluding hydrogens is 272 g/mol. The van der Waals surface area contributed by atoms with Crippen LogP contribution in [0.4, 0.5) is 5.69 Å². The Morgan fingerprint density at radius 2 is 2.05 bits per heavy atom. The quantitative estimate of drug-likeness (QED) is 0.612. The SMILES string of the molecule is CSCCCCCCNC(=O)c1n[nH]c(C(C)C)c1N. The highest BCUT2D eigenvalue weighted by Gasteiger charge is 2.18. The van der Waals surface area contributed by atoms with Crippen LogP contribution in [0.2, 0.25) is 0 Å². The zero-order valence-corrected chi connectivity index (χ0v) is 13.5. The molecule has 1 amide bonds. The van der Waals surface area contributed by atoms with Gasteiger partial charge in [0.25, 0.3) is 5.91 Å². The summed E-state index contributed by atoms with van der Waals surface area (Å²) in [6.07, 6.45) is 6.74. The Morgan fingerprint density at radius 3 is 2.65 bits per heavy atom. The van der Waals surface area contributed by atoms with E-state index in [1.807, 2.05) is 25.6 Å². The van der Waals surface area contributed by atoms with Crippen molar-refractivity contribution in [1.29, 1.82) is 0 Å². The van der Waals surface area contributed by atoms with Crippen LogP contribution in [0.5, 0.6) is 0 Å². The lowest BCUT2D eigenvalue weighted by Gasteiger charge is -2.05. The molecule has 1 aromatic rings. The van der Waals surface area contributed by atoms with E-state index >= 15 is 0 Å². The molecule has 1 heterocycles. The van der Waals surface area contributed by atoms with Gasteiger partial charge in [-0.15, -0.1) is 0 Å². The number of H-pyrrole nitrogens is 1. The van der Waals surface area contributed by atoms with Crippen molar-refractivity contribution in [2.24, 2.45) is 0 Å². The lowest BCUT2D eigenvalue weighted by molar-refractivity contribution is 0.0949. The third-order valence-corrected chi connectivity index (χ3v) is 3.88. The zero-order chi connectivity index (χ0) is 15.0. The molecule has 0 aromatic carbocycles. The number of amides is 1. The van der Waals surface area contributed by atoms with Gasteiger partial charge in [0.2, 0.25) is 0 Å². The highest BCUT2D eigenvalue weighted by atomic mass is 32.2. The molecule has 0 saturated carbocycles. The van der Waals surface area contributed by atoms with Gasteiger partial charge in [0.05, 0.1) is 11.4 Å². The molecule has 6 heteroatoms. The number of carbonyl (C=O) groups is 1. The van der Waals surface area contributed by atoms with Crippen LogP contribution in [0.15, 0.2) is 0 Å². The van der Waals surface area contributed by atoms with Crippen molar-refractivity contribution in [3.8, 4) is 0 Å². The van der Waals surface area contributed by atoms with E-state index in [1.165, 1.54) is 18.6 Å². The summed E-state index contributed by atoms with van der Waals surface area (Å²) in [5.41, 5.74) is 7.55. The molecule has 20 heavy (non-hydrogen) atoms. The number of carbonyl (C=O) groups excluding carboxylic acids is 1. The number of nitrogens with one attached hydrogen (secondary N) is 2. The van der Waals surface area contributed by atoms with Gasteiger partial charge in [-0.3, -0.25) is 9.89 Å². The van der Waals surface area contributed by atoms with Crippen molar-refractivity contribution < 1.29 is 4.79 Å². The van der Waals surface area contributed by atoms with Gasteiger partial charge in [0.15, 0.2) is 5.69 Å². The molecule has 0 fully saturated rings. The van der Waals surface area contributed by atoms with Crippen LogP contribution in [0.1, 0.15) is 61.6 Å². The highest BCUT2D eigenvalue weighted by Crippen LogP contribution is 2.21. The Balaban J connectivity index is 2.29. The summed E-state index contributed by atoms with van der Waals surface area (Å²) < 4.78 is 0. The average Bonchev–Trinajstić information content (AvgIpc) is 2.79. The molecule has 0 aliphatic carbocycles. The van der Waals surface area contributed by atoms with E-state index in [1.54, 1.807) is 0 Å². The molecule has 0 radical (unpaired) electrons. The molecule has 0 saturated heterocycles. The van der Waals surface area contributed by atoms with Gasteiger partial charge in [-0.1, -0.05) is 26.7 Å². The van der Waals surface area contributed by atoms with Gasteiger partial charge in [-0.25, -0.2) is 0 Å². The minimum atomic E-state index is -0.185. The van der Waals surface area contributed by atoms with E-state index in [0.717, 1.165) is 18.5 Å². The number of aromatic amines is 1. The highest BCUT2D eigenvalue weighted by molar-refractivity contribution is 7.98. The van der Waals surface area contributed by atoms with Crippen molar-refractivity contribution >= 4 is 23.4 Å². The Bertz CT molecular complexity index is 417. The van der Waals surface area contributed by atoms with Crippen LogP contribution in [-0.4, -0.2) is 34.7 Å². The topological polar surface area (TPSA) is 83.8 Å². The molecule has 1 rings (SSSR count). The molecule has 0 bridgehead atoms. The minimum absolute atomic E-state index is 0.185. The number of hydrogen-bond acceptors (Lipinski definition) is 4. The summed E-state index contributed by atoms with van der Waals surface area (Å²) in [6.45, 7) is 4.71. The third-order valence-electron chi connectivity index (χ3n) is 3.19. The van der Waals surface area contributed by atoms with E-state index in [9.17, 15) is 4.79 Å². The molecule has 0 atom stereocenters. The fraction of sp³-hybridized carbons (Fsp3) is 0.714. The monoisotopic (exact) mass is 298 g/mol. The largest absolute Gasteiger partial charge is 0.395 e. The van der Waals surface area contributed by atoms with E-state index in [4.69, 9.17) is 5.73 Å². The van der Waals surface area contributed by atoms with Crippen molar-refractivity contribution in [1.82, 2.24) is 15.5 Å². The number of nitrogens with zero attached hydrogens (tertiary/aromatic N) is 1. The summed E-state index contributed by atoms with van der Waals surface area (Å²) in [5, 5.41) is 9.73. The second-order valence-electron chi connectivity index (χ2n) is 5.22. The molecule has 1 aromatic heterocycles. The standard InChI is InChI=1S/C14H26N4OS/c1-10(2)12-11(15)13(18-17-12)14(19)16-8-6-4-5-7-9-20-3/h10H,4-9,15H2,1-3H3,(H,16,19)(H,17,18). The molecule has 0 unspecified atom stereocenters. The van der Waals surface area contributed by atoms with E-state index in [0.29, 0.717) is 17.9 Å². The summed E-state index contributed by atoms with van der Waals surface area (Å²) >= 11 is 1.88. The zero-order valence-electron chi connectivity index (χ0n) is 12.7. The molecule has 0 aliphatic heterocycles. The molecule has 0 spiro atoms. The van der Waals surface area contributed by atoms with E-state index < -0.39 is 0 Å². The van der Waals surface area contributed by atoms with Gasteiger partial charge < -0.3 is 11.1 Å². The van der Waals surface area contributed by atoms with E-state index in [2.05, 4.69) is 21.8 Å². The summed E-state index contributed by atoms with van der Waals surface area (Å²) in [7, 11) is 0. The van der Waals surface area contributed by atoms with Gasteiger partial charge in [0.1, 0.15) is 0 Å². The minimum Gasteiger partial charge on any atom is -0.395 e. The van der Waals surface area contributed by atoms with Crippen LogP contribution in [0, 0.1) is 0 Å². The van der Waals surface area contributed by atoms with Crippen LogP contribution < -0.4 is 11.1 Å². The number of aromatic nitrogens is 2. The van der Waals surface area contributed by atoms with Crippen LogP contribution in [-0.2, 0) is 0 Å². The molecule has 114 valence electrons. The Morgan fingerprint density at radius 1 is 1.35 bits per heavy atom. The number of anilines is 1. The predicted octanol–water partition coefficient (Wildman–Crippen LogP) is 2.77. The molecule has 5 nitrogen and oxygen atoms in total. The first kappa shape index (κ1) is 16.9. The van der Waals surface area contributed by atoms with Gasteiger partial charge in [-0.2, -0.15) is 16.9 Å². The second kappa shape index (κ2) is 8.89. The first-order chi connectivity index (χ1) is 9.57. The predicted molar refractivity (Wildman–Crippen MR) is 86.3 cm³/mol. The number of thioether (sulfide) groups is 1. The lowest BCUT2D eigenvalue weighted by atomic mass is 10.1. The molecule has 0 aliphatic rings. The van der Waals surface area contributed by atoms with Crippen molar-refractivity contribution in [2.45, 2.75) is 45.4 Å². The number of rotatable bonds is 9. The smallest absolute Gasteiger partial charge is 0.273 e. The normalized spacial score (nSPS) is 11.0. The summed E-state index contributed by atoms with van der Waals surface area (Å²) in [5.74, 6) is 1.27. The summed E-state index contributed by atoms with van der Waals surface area (Å²) in [6, 6.07) is 0. The van der Waals surface area contributed by atoms with E-state index in [-0.39, 0.29) is 11.8 Å². The first-order valence-electron chi connectivity index (χ1n) is 7.18. The number of unbranched alkanes of at least 4 members (excludes halogenated alkanes) is 3. The van der Waals surface area contributed by atoms with Crippen molar-refractivity contribution in [2.75, 3.05) is 24.3 Å². The van der Waals surface area contributed by atoms with Crippen molar-refractivity contribution in [3.05, 3.63) is 11.4 Å². The second-order valence-corrected chi connectivity index (χ2v) is 6.20. The third kappa shape index (κ3) is 5.07. The van der Waals surface area contributed by atoms with Gasteiger partial charge in [0, 0.05) is 6.54 Å². The number of hydrogen-bond donors (Lipinski definition) is 3. The molecule has 4 N–H and O–H groups in total. The Hall–Kier alpha value is -1.17. The average molecular weight is 298 g/mol. The maximum absolute atomic E-state index is 12.0. The van der Waals surface area contributed by atoms with Crippen molar-refractivity contribution in [3.63, 3.8) is 0 Å². The number of nitrogens with two attached hydrogens (primary N) is 1. The maximum atomic E-state index is 12.0. The Labute approximate surface area is 125 Å². The first-order valence-corrected chi connectivity index (χ1v) is 8.58. The van der Waals surface area contributed by atoms with Gasteiger partial charge >= 0.3 is 0 Å². The van der Waals surface area contributed by atoms with Gasteiger partial charge in [-0.05, 0) is 30.8 Å². The molecular formula is C14H26N4OS. The van der Waals surface area contributed by atoms with Crippen LogP contribution in [0.3, 0.4) is 0 Å². The Kier molecular flexibility index (Phi) is 7.51. The van der Waals surface area contributed by atoms with Crippen LogP contribution >= 0.6 is 11.8 Å². The summed E-state index contributed by atoms with van der Waals surface area (Å²) in [4.78, 5) is 12.0. The maximum Gasteiger partial charge on any atom is 0.273 e. The fourth-order valence-electron chi connectivity index (χ4n) is 1.99. The lowest BCUT2D eigenvalue weighted by Crippen LogP contribution is -2.25. The van der Waals surface area contributed by atoms with Crippen LogP contribution in [0.25, 0.3) is 0 Å². The number of nitrogen functional groups attached to an aromatic ring is 1. The fourth-order valence-corrected chi connectivity index (χ4v) is 2.48.